The molecule has 0 aliphatic rings. The van der Waals surface area contributed by atoms with Gasteiger partial charge < -0.3 is 0 Å². The summed E-state index contributed by atoms with van der Waals surface area (Å²) >= 11 is 8.71. The molecule has 62 valence electrons. The minimum absolute atomic E-state index is 0.727. The molecule has 0 amide bonds. The summed E-state index contributed by atoms with van der Waals surface area (Å²) in [6.07, 6.45) is 1.03. The van der Waals surface area contributed by atoms with Crippen molar-refractivity contribution in [1.82, 2.24) is 9.36 Å². The van der Waals surface area contributed by atoms with Gasteiger partial charge in [-0.3, -0.25) is 0 Å². The van der Waals surface area contributed by atoms with Crippen LogP contribution >= 0.6 is 34.9 Å². The Balaban J connectivity index is 2.27. The molecule has 0 bridgehead atoms. The van der Waals surface area contributed by atoms with Gasteiger partial charge in [0, 0.05) is 11.6 Å². The van der Waals surface area contributed by atoms with Crippen molar-refractivity contribution >= 4 is 34.9 Å². The molecule has 1 heterocycles. The molecule has 2 nitrogen and oxygen atoms in total. The number of halogens is 1. The van der Waals surface area contributed by atoms with Crippen LogP contribution < -0.4 is 0 Å². The molecule has 0 aliphatic heterocycles. The lowest BCUT2D eigenvalue weighted by molar-refractivity contribution is 1.08. The summed E-state index contributed by atoms with van der Waals surface area (Å²) < 4.78 is 5.12. The molecule has 0 N–H and O–H groups in total. The van der Waals surface area contributed by atoms with Gasteiger partial charge in [-0.1, -0.05) is 11.8 Å². The Hall–Kier alpha value is 0.200. The molecule has 0 radical (unpaired) electrons. The zero-order valence-corrected chi connectivity index (χ0v) is 8.60. The van der Waals surface area contributed by atoms with Crippen LogP contribution in [-0.2, 0) is 0 Å². The summed E-state index contributed by atoms with van der Waals surface area (Å²) in [5.74, 6) is 2.63. The maximum atomic E-state index is 5.53. The van der Waals surface area contributed by atoms with Crippen molar-refractivity contribution in [2.45, 2.75) is 17.7 Å². The van der Waals surface area contributed by atoms with Crippen LogP contribution in [0.25, 0.3) is 0 Å². The van der Waals surface area contributed by atoms with Crippen LogP contribution in [0, 0.1) is 6.92 Å². The summed E-state index contributed by atoms with van der Waals surface area (Å²) in [5.41, 5.74) is 0. The van der Waals surface area contributed by atoms with Crippen LogP contribution in [0.3, 0.4) is 0 Å². The van der Waals surface area contributed by atoms with Gasteiger partial charge in [-0.05, 0) is 24.9 Å². The smallest absolute Gasteiger partial charge is 0.170 e. The van der Waals surface area contributed by atoms with Gasteiger partial charge >= 0.3 is 0 Å². The largest absolute Gasteiger partial charge is 0.213 e. The molecule has 1 rings (SSSR count). The van der Waals surface area contributed by atoms with Gasteiger partial charge in [-0.2, -0.15) is 4.37 Å². The highest BCUT2D eigenvalue weighted by atomic mass is 35.5. The van der Waals surface area contributed by atoms with Crippen LogP contribution in [0.1, 0.15) is 12.2 Å². The second kappa shape index (κ2) is 4.95. The van der Waals surface area contributed by atoms with Crippen molar-refractivity contribution in [3.8, 4) is 0 Å². The molecular weight excluding hydrogens is 200 g/mol. The van der Waals surface area contributed by atoms with Crippen molar-refractivity contribution in [3.05, 3.63) is 5.82 Å². The molecule has 0 aliphatic carbocycles. The highest BCUT2D eigenvalue weighted by Crippen LogP contribution is 2.20. The molecule has 11 heavy (non-hydrogen) atoms. The molecule has 0 spiro atoms. The lowest BCUT2D eigenvalue weighted by atomic mass is 10.6. The topological polar surface area (TPSA) is 25.8 Å². The summed E-state index contributed by atoms with van der Waals surface area (Å²) in [4.78, 5) is 4.21. The third-order valence-corrected chi connectivity index (χ3v) is 3.29. The fraction of sp³-hybridized carbons (Fsp3) is 0.667. The van der Waals surface area contributed by atoms with Gasteiger partial charge in [0.25, 0.3) is 0 Å². The Labute approximate surface area is 79.5 Å². The van der Waals surface area contributed by atoms with E-state index in [0.717, 1.165) is 28.2 Å². The Morgan fingerprint density at radius 3 is 3.00 bits per heavy atom. The number of aryl methyl sites for hydroxylation is 1. The predicted molar refractivity (Wildman–Crippen MR) is 50.7 cm³/mol. The molecule has 0 fully saturated rings. The summed E-state index contributed by atoms with van der Waals surface area (Å²) in [6.45, 7) is 1.90. The standard InChI is InChI=1S/C6H9ClN2S2/c1-5-8-6(11-9-5)10-4-2-3-7/h2-4H2,1H3. The van der Waals surface area contributed by atoms with Gasteiger partial charge in [0.1, 0.15) is 5.82 Å². The first kappa shape index (κ1) is 9.29. The van der Waals surface area contributed by atoms with E-state index in [-0.39, 0.29) is 0 Å². The highest BCUT2D eigenvalue weighted by Gasteiger charge is 1.98. The van der Waals surface area contributed by atoms with E-state index in [0.29, 0.717) is 0 Å². The van der Waals surface area contributed by atoms with Crippen molar-refractivity contribution in [3.63, 3.8) is 0 Å². The second-order valence-electron chi connectivity index (χ2n) is 2.00. The maximum Gasteiger partial charge on any atom is 0.170 e. The molecule has 0 atom stereocenters. The number of thioether (sulfide) groups is 1. The molecule has 0 unspecified atom stereocenters. The van der Waals surface area contributed by atoms with Crippen LogP contribution in [0.4, 0.5) is 0 Å². The van der Waals surface area contributed by atoms with E-state index in [1.54, 1.807) is 11.8 Å². The minimum Gasteiger partial charge on any atom is -0.213 e. The van der Waals surface area contributed by atoms with Gasteiger partial charge in [0.15, 0.2) is 4.34 Å². The van der Waals surface area contributed by atoms with E-state index >= 15 is 0 Å². The van der Waals surface area contributed by atoms with E-state index in [9.17, 15) is 0 Å². The maximum absolute atomic E-state index is 5.53. The summed E-state index contributed by atoms with van der Waals surface area (Å²) in [5, 5.41) is 0. The normalized spacial score (nSPS) is 10.4. The monoisotopic (exact) mass is 208 g/mol. The Morgan fingerprint density at radius 2 is 2.45 bits per heavy atom. The quantitative estimate of drug-likeness (QED) is 0.432. The number of hydrogen-bond acceptors (Lipinski definition) is 4. The predicted octanol–water partition coefficient (Wildman–Crippen LogP) is 2.57. The third-order valence-electron chi connectivity index (χ3n) is 1.01. The number of nitrogens with zero attached hydrogens (tertiary/aromatic N) is 2. The van der Waals surface area contributed by atoms with E-state index < -0.39 is 0 Å². The first-order chi connectivity index (χ1) is 5.33. The van der Waals surface area contributed by atoms with Crippen LogP contribution in [-0.4, -0.2) is 21.0 Å². The number of aromatic nitrogens is 2. The zero-order chi connectivity index (χ0) is 8.10. The van der Waals surface area contributed by atoms with Crippen LogP contribution in [0.2, 0.25) is 0 Å². The van der Waals surface area contributed by atoms with Crippen molar-refractivity contribution in [2.24, 2.45) is 0 Å². The van der Waals surface area contributed by atoms with Gasteiger partial charge in [0.2, 0.25) is 0 Å². The van der Waals surface area contributed by atoms with Crippen LogP contribution in [0.5, 0.6) is 0 Å². The second-order valence-corrected chi connectivity index (χ2v) is 4.47. The Morgan fingerprint density at radius 1 is 1.64 bits per heavy atom. The zero-order valence-electron chi connectivity index (χ0n) is 6.21. The first-order valence-corrected chi connectivity index (χ1v) is 5.61. The molecule has 5 heteroatoms. The average molecular weight is 209 g/mol. The summed E-state index contributed by atoms with van der Waals surface area (Å²) in [7, 11) is 0. The number of hydrogen-bond donors (Lipinski definition) is 0. The average Bonchev–Trinajstić information content (AvgIpc) is 2.37. The lowest BCUT2D eigenvalue weighted by Gasteiger charge is -1.90. The van der Waals surface area contributed by atoms with Gasteiger partial charge in [-0.25, -0.2) is 4.98 Å². The Bertz CT molecular complexity index is 214. The van der Waals surface area contributed by atoms with Gasteiger partial charge in [0.05, 0.1) is 0 Å². The van der Waals surface area contributed by atoms with Crippen molar-refractivity contribution < 1.29 is 0 Å². The molecule has 0 saturated heterocycles. The number of rotatable bonds is 4. The van der Waals surface area contributed by atoms with E-state index in [4.69, 9.17) is 11.6 Å². The first-order valence-electron chi connectivity index (χ1n) is 3.32. The molecular formula is C6H9ClN2S2. The summed E-state index contributed by atoms with van der Waals surface area (Å²) in [6, 6.07) is 0. The van der Waals surface area contributed by atoms with Gasteiger partial charge in [-0.15, -0.1) is 11.6 Å². The molecule has 1 aromatic rings. The SMILES string of the molecule is Cc1nsc(SCCCCl)n1. The Kier molecular flexibility index (Phi) is 4.18. The fourth-order valence-electron chi connectivity index (χ4n) is 0.551. The molecule has 0 aromatic carbocycles. The van der Waals surface area contributed by atoms with Crippen molar-refractivity contribution in [2.75, 3.05) is 11.6 Å². The minimum atomic E-state index is 0.727. The highest BCUT2D eigenvalue weighted by molar-refractivity contribution is 8.00. The van der Waals surface area contributed by atoms with E-state index in [1.807, 2.05) is 6.92 Å². The van der Waals surface area contributed by atoms with E-state index in [2.05, 4.69) is 9.36 Å². The fourth-order valence-corrected chi connectivity index (χ4v) is 2.50. The number of alkyl halides is 1. The van der Waals surface area contributed by atoms with Crippen LogP contribution in [0.15, 0.2) is 4.34 Å². The third kappa shape index (κ3) is 3.40. The molecule has 1 aromatic heterocycles. The van der Waals surface area contributed by atoms with E-state index in [1.165, 1.54) is 11.5 Å². The lowest BCUT2D eigenvalue weighted by Crippen LogP contribution is -1.80. The van der Waals surface area contributed by atoms with Crippen molar-refractivity contribution in [1.29, 1.82) is 0 Å². The molecule has 0 saturated carbocycles.